The van der Waals surface area contributed by atoms with Gasteiger partial charge in [0.15, 0.2) is 0 Å². The van der Waals surface area contributed by atoms with Crippen molar-refractivity contribution in [2.24, 2.45) is 0 Å². The van der Waals surface area contributed by atoms with E-state index in [-0.39, 0.29) is 5.75 Å². The average molecular weight is 389 g/mol. The number of carbonyl (C=O) groups is 1. The highest BCUT2D eigenvalue weighted by atomic mass is 16.6. The Morgan fingerprint density at radius 1 is 0.931 bits per heavy atom. The van der Waals surface area contributed by atoms with E-state index < -0.39 is 6.09 Å². The second-order valence-corrected chi connectivity index (χ2v) is 7.08. The monoisotopic (exact) mass is 389 g/mol. The van der Waals surface area contributed by atoms with Crippen LogP contribution in [0.3, 0.4) is 0 Å². The van der Waals surface area contributed by atoms with Gasteiger partial charge in [-0.15, -0.1) is 0 Å². The zero-order valence-electron chi connectivity index (χ0n) is 16.7. The first-order valence-corrected chi connectivity index (χ1v) is 10.1. The molecule has 0 spiro atoms. The number of nitrogens with one attached hydrogen (secondary N) is 1. The molecular weight excluding hydrogens is 362 g/mol. The van der Waals surface area contributed by atoms with E-state index in [0.29, 0.717) is 17.9 Å². The van der Waals surface area contributed by atoms with Crippen LogP contribution < -0.4 is 10.1 Å². The van der Waals surface area contributed by atoms with Crippen LogP contribution in [-0.4, -0.2) is 11.2 Å². The molecule has 3 rings (SSSR count). The van der Waals surface area contributed by atoms with Crippen molar-refractivity contribution in [1.82, 2.24) is 0 Å². The number of aryl methyl sites for hydroxylation is 1. The molecule has 0 aliphatic heterocycles. The van der Waals surface area contributed by atoms with E-state index in [2.05, 4.69) is 18.3 Å². The quantitative estimate of drug-likeness (QED) is 0.443. The lowest BCUT2D eigenvalue weighted by atomic mass is 9.98. The Kier molecular flexibility index (Phi) is 7.28. The van der Waals surface area contributed by atoms with Crippen molar-refractivity contribution in [1.29, 1.82) is 0 Å². The summed E-state index contributed by atoms with van der Waals surface area (Å²) in [5.74, 6) is 0.755. The molecule has 0 aliphatic rings. The summed E-state index contributed by atoms with van der Waals surface area (Å²) in [5, 5.41) is 13.1. The molecule has 3 aromatic rings. The van der Waals surface area contributed by atoms with Gasteiger partial charge in [-0.3, -0.25) is 5.32 Å². The first kappa shape index (κ1) is 20.5. The van der Waals surface area contributed by atoms with E-state index in [1.807, 2.05) is 48.5 Å². The molecule has 0 heterocycles. The van der Waals surface area contributed by atoms with E-state index in [4.69, 9.17) is 4.74 Å². The summed E-state index contributed by atoms with van der Waals surface area (Å²) in [6.07, 6.45) is 4.51. The number of hydrogen-bond acceptors (Lipinski definition) is 3. The third-order valence-corrected chi connectivity index (χ3v) is 4.80. The zero-order valence-corrected chi connectivity index (χ0v) is 16.7. The number of phenolic OH excluding ortho intramolecular Hbond substituents is 1. The zero-order chi connectivity index (χ0) is 20.5. The number of aromatic hydroxyl groups is 1. The number of benzene rings is 3. The van der Waals surface area contributed by atoms with Crippen molar-refractivity contribution in [2.45, 2.75) is 39.0 Å². The summed E-state index contributed by atoms with van der Waals surface area (Å²) in [5.41, 5.74) is 3.66. The third-order valence-electron chi connectivity index (χ3n) is 4.80. The molecule has 0 aromatic heterocycles. The normalized spacial score (nSPS) is 10.5. The first-order valence-electron chi connectivity index (χ1n) is 10.1. The Balaban J connectivity index is 1.72. The van der Waals surface area contributed by atoms with E-state index in [1.165, 1.54) is 18.4 Å². The fourth-order valence-electron chi connectivity index (χ4n) is 3.25. The Hall–Kier alpha value is -3.27. The van der Waals surface area contributed by atoms with Crippen LogP contribution in [0.15, 0.2) is 72.8 Å². The Morgan fingerprint density at radius 2 is 1.69 bits per heavy atom. The number of hydrogen-bond donors (Lipinski definition) is 2. The Labute approximate surface area is 172 Å². The van der Waals surface area contributed by atoms with E-state index in [1.54, 1.807) is 18.2 Å². The molecule has 0 saturated carbocycles. The van der Waals surface area contributed by atoms with Crippen LogP contribution in [0, 0.1) is 0 Å². The second kappa shape index (κ2) is 10.3. The van der Waals surface area contributed by atoms with Gasteiger partial charge in [-0.1, -0.05) is 68.3 Å². The van der Waals surface area contributed by atoms with Crippen LogP contribution in [0.4, 0.5) is 10.5 Å². The predicted molar refractivity (Wildman–Crippen MR) is 117 cm³/mol. The van der Waals surface area contributed by atoms with Crippen LogP contribution in [0.5, 0.6) is 11.5 Å². The molecule has 1 amide bonds. The predicted octanol–water partition coefficient (Wildman–Crippen LogP) is 6.33. The van der Waals surface area contributed by atoms with Gasteiger partial charge in [0, 0.05) is 12.1 Å². The number of rotatable bonds is 8. The van der Waals surface area contributed by atoms with Gasteiger partial charge >= 0.3 is 6.09 Å². The van der Waals surface area contributed by atoms with Crippen molar-refractivity contribution in [2.75, 3.05) is 5.32 Å². The molecule has 150 valence electrons. The summed E-state index contributed by atoms with van der Waals surface area (Å²) in [4.78, 5) is 12.3. The summed E-state index contributed by atoms with van der Waals surface area (Å²) in [7, 11) is 0. The molecule has 29 heavy (non-hydrogen) atoms. The standard InChI is InChI=1S/C25H27NO3/c1-2-3-5-10-19-15-16-24(27)21(17-19)18-20-11-8-9-14-23(20)26-25(28)29-22-12-6-4-7-13-22/h4,6-9,11-17,27H,2-3,5,10,18H2,1H3,(H,26,28). The molecule has 4 heteroatoms. The summed E-state index contributed by atoms with van der Waals surface area (Å²) in [6, 6.07) is 22.3. The van der Waals surface area contributed by atoms with Crippen LogP contribution in [-0.2, 0) is 12.8 Å². The third kappa shape index (κ3) is 6.11. The lowest BCUT2D eigenvalue weighted by Crippen LogP contribution is -2.17. The largest absolute Gasteiger partial charge is 0.508 e. The SMILES string of the molecule is CCCCCc1ccc(O)c(Cc2ccccc2NC(=O)Oc2ccccc2)c1. The maximum absolute atomic E-state index is 12.3. The molecule has 0 saturated heterocycles. The molecular formula is C25H27NO3. The van der Waals surface area contributed by atoms with Crippen LogP contribution in [0.25, 0.3) is 0 Å². The highest BCUT2D eigenvalue weighted by Crippen LogP contribution is 2.26. The second-order valence-electron chi connectivity index (χ2n) is 7.08. The van der Waals surface area contributed by atoms with E-state index in [0.717, 1.165) is 24.0 Å². The van der Waals surface area contributed by atoms with Crippen LogP contribution >= 0.6 is 0 Å². The lowest BCUT2D eigenvalue weighted by molar-refractivity contribution is 0.215. The van der Waals surface area contributed by atoms with Crippen molar-refractivity contribution >= 4 is 11.8 Å². The van der Waals surface area contributed by atoms with Gasteiger partial charge in [0.25, 0.3) is 0 Å². The molecule has 0 radical (unpaired) electrons. The van der Waals surface area contributed by atoms with E-state index in [9.17, 15) is 9.90 Å². The topological polar surface area (TPSA) is 58.6 Å². The van der Waals surface area contributed by atoms with Crippen molar-refractivity contribution in [3.63, 3.8) is 0 Å². The van der Waals surface area contributed by atoms with Gasteiger partial charge < -0.3 is 9.84 Å². The average Bonchev–Trinajstić information content (AvgIpc) is 2.72. The van der Waals surface area contributed by atoms with Crippen molar-refractivity contribution < 1.29 is 14.6 Å². The molecule has 2 N–H and O–H groups in total. The minimum atomic E-state index is -0.541. The fraction of sp³-hybridized carbons (Fsp3) is 0.240. The number of phenols is 1. The molecule has 0 aliphatic carbocycles. The van der Waals surface area contributed by atoms with Gasteiger partial charge in [-0.25, -0.2) is 4.79 Å². The molecule has 0 fully saturated rings. The molecule has 3 aromatic carbocycles. The summed E-state index contributed by atoms with van der Waals surface area (Å²) < 4.78 is 5.32. The first-order chi connectivity index (χ1) is 14.2. The molecule has 4 nitrogen and oxygen atoms in total. The highest BCUT2D eigenvalue weighted by molar-refractivity contribution is 5.87. The maximum Gasteiger partial charge on any atom is 0.417 e. The number of anilines is 1. The Morgan fingerprint density at radius 3 is 2.48 bits per heavy atom. The summed E-state index contributed by atoms with van der Waals surface area (Å²) in [6.45, 7) is 2.19. The number of unbranched alkanes of at least 4 members (excludes halogenated alkanes) is 2. The number of carbonyl (C=O) groups excluding carboxylic acids is 1. The Bertz CT molecular complexity index is 938. The van der Waals surface area contributed by atoms with Crippen LogP contribution in [0.1, 0.15) is 42.9 Å². The van der Waals surface area contributed by atoms with Crippen LogP contribution in [0.2, 0.25) is 0 Å². The van der Waals surface area contributed by atoms with Gasteiger partial charge in [-0.2, -0.15) is 0 Å². The number of amides is 1. The molecule has 0 unspecified atom stereocenters. The number of ether oxygens (including phenoxy) is 1. The minimum absolute atomic E-state index is 0.269. The van der Waals surface area contributed by atoms with Gasteiger partial charge in [0.1, 0.15) is 11.5 Å². The van der Waals surface area contributed by atoms with Gasteiger partial charge in [-0.05, 0) is 53.8 Å². The minimum Gasteiger partial charge on any atom is -0.508 e. The van der Waals surface area contributed by atoms with Gasteiger partial charge in [0.2, 0.25) is 0 Å². The van der Waals surface area contributed by atoms with Crippen molar-refractivity contribution in [3.8, 4) is 11.5 Å². The smallest absolute Gasteiger partial charge is 0.417 e. The lowest BCUT2D eigenvalue weighted by Gasteiger charge is -2.13. The summed E-state index contributed by atoms with van der Waals surface area (Å²) >= 11 is 0. The molecule has 0 bridgehead atoms. The maximum atomic E-state index is 12.3. The number of para-hydroxylation sites is 2. The highest BCUT2D eigenvalue weighted by Gasteiger charge is 2.11. The van der Waals surface area contributed by atoms with Gasteiger partial charge in [0.05, 0.1) is 0 Å². The van der Waals surface area contributed by atoms with Crippen molar-refractivity contribution in [3.05, 3.63) is 89.5 Å². The molecule has 0 atom stereocenters. The fourth-order valence-corrected chi connectivity index (χ4v) is 3.25. The van der Waals surface area contributed by atoms with E-state index >= 15 is 0 Å².